The standard InChI is InChI=1S/C20H21NO2S/c1-4-8-18(23-15-17-9-6-5-7-10-17)11-12-21(3)20-13-16(2)19(14-22)24-20/h4-14H,1,15H2,2-3H3/b12-11-,18-8+. The van der Waals surface area contributed by atoms with E-state index in [0.29, 0.717) is 6.61 Å². The fourth-order valence-corrected chi connectivity index (χ4v) is 2.97. The van der Waals surface area contributed by atoms with Gasteiger partial charge in [-0.25, -0.2) is 0 Å². The summed E-state index contributed by atoms with van der Waals surface area (Å²) in [4.78, 5) is 13.7. The Morgan fingerprint density at radius 3 is 2.71 bits per heavy atom. The van der Waals surface area contributed by atoms with E-state index < -0.39 is 0 Å². The maximum Gasteiger partial charge on any atom is 0.160 e. The van der Waals surface area contributed by atoms with Crippen LogP contribution in [0.2, 0.25) is 0 Å². The van der Waals surface area contributed by atoms with Gasteiger partial charge in [-0.05, 0) is 36.3 Å². The molecule has 2 rings (SSSR count). The van der Waals surface area contributed by atoms with E-state index in [1.54, 1.807) is 6.08 Å². The third kappa shape index (κ3) is 4.96. The lowest BCUT2D eigenvalue weighted by Gasteiger charge is -2.12. The Morgan fingerprint density at radius 1 is 1.33 bits per heavy atom. The van der Waals surface area contributed by atoms with E-state index in [0.717, 1.165) is 33.1 Å². The maximum atomic E-state index is 11.0. The molecule has 124 valence electrons. The molecule has 24 heavy (non-hydrogen) atoms. The van der Waals surface area contributed by atoms with Crippen molar-refractivity contribution >= 4 is 22.6 Å². The highest BCUT2D eigenvalue weighted by atomic mass is 32.1. The van der Waals surface area contributed by atoms with Crippen molar-refractivity contribution in [2.75, 3.05) is 11.9 Å². The van der Waals surface area contributed by atoms with Crippen LogP contribution in [-0.4, -0.2) is 13.3 Å². The predicted octanol–water partition coefficient (Wildman–Crippen LogP) is 5.11. The van der Waals surface area contributed by atoms with Crippen molar-refractivity contribution < 1.29 is 9.53 Å². The Labute approximate surface area is 147 Å². The zero-order valence-corrected chi connectivity index (χ0v) is 14.8. The number of nitrogens with zero attached hydrogens (tertiary/aromatic N) is 1. The van der Waals surface area contributed by atoms with Crippen molar-refractivity contribution in [1.29, 1.82) is 0 Å². The SMILES string of the molecule is C=C/C=C(\C=C/N(C)c1cc(C)c(C=O)s1)OCc1ccccc1. The molecule has 0 radical (unpaired) electrons. The van der Waals surface area contributed by atoms with Crippen LogP contribution in [-0.2, 0) is 11.3 Å². The van der Waals surface area contributed by atoms with Crippen LogP contribution in [0.1, 0.15) is 20.8 Å². The van der Waals surface area contributed by atoms with E-state index in [-0.39, 0.29) is 0 Å². The molecule has 0 unspecified atom stereocenters. The fraction of sp³-hybridized carbons (Fsp3) is 0.150. The first-order valence-electron chi connectivity index (χ1n) is 7.60. The van der Waals surface area contributed by atoms with Crippen molar-refractivity contribution in [3.8, 4) is 0 Å². The average molecular weight is 339 g/mol. The van der Waals surface area contributed by atoms with Crippen LogP contribution in [0.5, 0.6) is 0 Å². The van der Waals surface area contributed by atoms with Crippen LogP contribution in [0.4, 0.5) is 5.00 Å². The molecule has 0 fully saturated rings. The molecule has 4 heteroatoms. The highest BCUT2D eigenvalue weighted by Gasteiger charge is 2.07. The molecular weight excluding hydrogens is 318 g/mol. The van der Waals surface area contributed by atoms with Crippen LogP contribution >= 0.6 is 11.3 Å². The van der Waals surface area contributed by atoms with Gasteiger partial charge < -0.3 is 9.64 Å². The minimum absolute atomic E-state index is 0.502. The number of thiophene rings is 1. The number of hydrogen-bond acceptors (Lipinski definition) is 4. The summed E-state index contributed by atoms with van der Waals surface area (Å²) in [5.74, 6) is 0.726. The van der Waals surface area contributed by atoms with Crippen LogP contribution < -0.4 is 4.90 Å². The number of carbonyl (C=O) groups excluding carboxylic acids is 1. The van der Waals surface area contributed by atoms with E-state index in [4.69, 9.17) is 4.74 Å². The van der Waals surface area contributed by atoms with E-state index >= 15 is 0 Å². The number of anilines is 1. The van der Waals surface area contributed by atoms with E-state index in [2.05, 4.69) is 6.58 Å². The summed E-state index contributed by atoms with van der Waals surface area (Å²) < 4.78 is 5.83. The molecule has 1 aromatic carbocycles. The summed E-state index contributed by atoms with van der Waals surface area (Å²) in [5, 5.41) is 1.01. The number of aldehydes is 1. The largest absolute Gasteiger partial charge is 0.489 e. The fourth-order valence-electron chi connectivity index (χ4n) is 2.04. The lowest BCUT2D eigenvalue weighted by molar-refractivity contribution is 0.112. The highest BCUT2D eigenvalue weighted by Crippen LogP contribution is 2.28. The van der Waals surface area contributed by atoms with E-state index in [9.17, 15) is 4.79 Å². The van der Waals surface area contributed by atoms with Gasteiger partial charge in [-0.2, -0.15) is 0 Å². The second-order valence-corrected chi connectivity index (χ2v) is 6.32. The molecule has 2 aromatic rings. The van der Waals surface area contributed by atoms with Gasteiger partial charge in [0.2, 0.25) is 0 Å². The van der Waals surface area contributed by atoms with Crippen molar-refractivity contribution in [2.45, 2.75) is 13.5 Å². The molecule has 0 N–H and O–H groups in total. The topological polar surface area (TPSA) is 29.5 Å². The average Bonchev–Trinajstić information content (AvgIpc) is 2.99. The maximum absolute atomic E-state index is 11.0. The first-order valence-corrected chi connectivity index (χ1v) is 8.41. The number of benzene rings is 1. The zero-order valence-electron chi connectivity index (χ0n) is 13.9. The lowest BCUT2D eigenvalue weighted by atomic mass is 10.2. The Kier molecular flexibility index (Phi) is 6.58. The molecule has 0 spiro atoms. The smallest absolute Gasteiger partial charge is 0.160 e. The summed E-state index contributed by atoms with van der Waals surface area (Å²) >= 11 is 1.47. The Hall–Kier alpha value is -2.59. The van der Waals surface area contributed by atoms with Crippen molar-refractivity contribution in [3.63, 3.8) is 0 Å². The number of carbonyl (C=O) groups is 1. The minimum atomic E-state index is 0.502. The first kappa shape index (κ1) is 17.8. The molecule has 1 aromatic heterocycles. The number of allylic oxidation sites excluding steroid dienone is 3. The van der Waals surface area contributed by atoms with Gasteiger partial charge in [-0.3, -0.25) is 4.79 Å². The molecular formula is C20H21NO2S. The molecule has 0 bridgehead atoms. The number of ether oxygens (including phenoxy) is 1. The number of hydrogen-bond donors (Lipinski definition) is 0. The van der Waals surface area contributed by atoms with Gasteiger partial charge in [0.05, 0.1) is 9.88 Å². The minimum Gasteiger partial charge on any atom is -0.489 e. The molecule has 0 aliphatic carbocycles. The second kappa shape index (κ2) is 8.89. The van der Waals surface area contributed by atoms with Gasteiger partial charge in [-0.1, -0.05) is 43.0 Å². The molecule has 0 amide bonds. The third-order valence-corrected chi connectivity index (χ3v) is 4.64. The van der Waals surface area contributed by atoms with Gasteiger partial charge in [-0.15, -0.1) is 11.3 Å². The molecule has 0 saturated carbocycles. The van der Waals surface area contributed by atoms with Crippen LogP contribution in [0.15, 0.2) is 73.2 Å². The third-order valence-electron chi connectivity index (χ3n) is 3.39. The molecule has 0 saturated heterocycles. The van der Waals surface area contributed by atoms with Gasteiger partial charge in [0.15, 0.2) is 6.29 Å². The molecule has 3 nitrogen and oxygen atoms in total. The first-order chi connectivity index (χ1) is 11.6. The van der Waals surface area contributed by atoms with E-state index in [1.807, 2.05) is 73.6 Å². The van der Waals surface area contributed by atoms with E-state index in [1.165, 1.54) is 11.3 Å². The Balaban J connectivity index is 2.03. The number of aryl methyl sites for hydroxylation is 1. The van der Waals surface area contributed by atoms with Crippen LogP contribution in [0.25, 0.3) is 0 Å². The van der Waals surface area contributed by atoms with Gasteiger partial charge in [0.1, 0.15) is 12.4 Å². The van der Waals surface area contributed by atoms with Gasteiger partial charge in [0, 0.05) is 13.2 Å². The molecule has 0 aliphatic heterocycles. The summed E-state index contributed by atoms with van der Waals surface area (Å²) in [6.45, 7) is 6.17. The van der Waals surface area contributed by atoms with Crippen molar-refractivity contribution in [1.82, 2.24) is 0 Å². The van der Waals surface area contributed by atoms with Crippen LogP contribution in [0.3, 0.4) is 0 Å². The second-order valence-electron chi connectivity index (χ2n) is 5.26. The summed E-state index contributed by atoms with van der Waals surface area (Å²) in [7, 11) is 1.94. The van der Waals surface area contributed by atoms with Crippen molar-refractivity contribution in [2.24, 2.45) is 0 Å². The highest BCUT2D eigenvalue weighted by molar-refractivity contribution is 7.17. The summed E-state index contributed by atoms with van der Waals surface area (Å²) in [6, 6.07) is 12.0. The normalized spacial score (nSPS) is 11.5. The summed E-state index contributed by atoms with van der Waals surface area (Å²) in [6.07, 6.45) is 8.22. The quantitative estimate of drug-likeness (QED) is 0.380. The molecule has 0 atom stereocenters. The molecule has 1 heterocycles. The van der Waals surface area contributed by atoms with Gasteiger partial charge in [0.25, 0.3) is 0 Å². The zero-order chi connectivity index (χ0) is 17.4. The van der Waals surface area contributed by atoms with Crippen LogP contribution in [0, 0.1) is 6.92 Å². The lowest BCUT2D eigenvalue weighted by Crippen LogP contribution is -2.06. The number of rotatable bonds is 8. The monoisotopic (exact) mass is 339 g/mol. The Morgan fingerprint density at radius 2 is 2.08 bits per heavy atom. The predicted molar refractivity (Wildman–Crippen MR) is 101 cm³/mol. The van der Waals surface area contributed by atoms with Gasteiger partial charge >= 0.3 is 0 Å². The molecule has 0 aliphatic rings. The summed E-state index contributed by atoms with van der Waals surface area (Å²) in [5.41, 5.74) is 2.10. The van der Waals surface area contributed by atoms with Crippen molar-refractivity contribution in [3.05, 3.63) is 89.2 Å². The Bertz CT molecular complexity index is 744.